The zero-order valence-corrected chi connectivity index (χ0v) is 10.0. The Bertz CT molecular complexity index is 580. The van der Waals surface area contributed by atoms with Gasteiger partial charge in [-0.3, -0.25) is 0 Å². The van der Waals surface area contributed by atoms with Crippen molar-refractivity contribution in [1.82, 2.24) is 24.9 Å². The molecule has 0 aromatic carbocycles. The first-order valence-electron chi connectivity index (χ1n) is 6.23. The minimum atomic E-state index is -0.264. The van der Waals surface area contributed by atoms with Gasteiger partial charge in [0.15, 0.2) is 5.65 Å². The van der Waals surface area contributed by atoms with Crippen LogP contribution in [0.5, 0.6) is 0 Å². The molecule has 3 heterocycles. The largest absolute Gasteiger partial charge is 0.366 e. The maximum atomic E-state index is 11.3. The molecule has 1 unspecified atom stereocenters. The van der Waals surface area contributed by atoms with E-state index in [-0.39, 0.29) is 5.69 Å². The lowest BCUT2D eigenvalue weighted by Crippen LogP contribution is -2.31. The van der Waals surface area contributed by atoms with Gasteiger partial charge in [-0.1, -0.05) is 6.42 Å². The van der Waals surface area contributed by atoms with Gasteiger partial charge >= 0.3 is 5.69 Å². The molecule has 1 aliphatic rings. The number of nitrogens with zero attached hydrogens (tertiary/aromatic N) is 3. The highest BCUT2D eigenvalue weighted by atomic mass is 16.1. The summed E-state index contributed by atoms with van der Waals surface area (Å²) in [6.07, 6.45) is 5.06. The van der Waals surface area contributed by atoms with Gasteiger partial charge < -0.3 is 10.6 Å². The van der Waals surface area contributed by atoms with Crippen LogP contribution < -0.4 is 16.3 Å². The summed E-state index contributed by atoms with van der Waals surface area (Å²) in [6.45, 7) is 2.03. The van der Waals surface area contributed by atoms with Crippen LogP contribution in [0.2, 0.25) is 0 Å². The predicted molar refractivity (Wildman–Crippen MR) is 67.7 cm³/mol. The number of hydrogen-bond acceptors (Lipinski definition) is 5. The maximum absolute atomic E-state index is 11.3. The first-order chi connectivity index (χ1) is 8.83. The van der Waals surface area contributed by atoms with E-state index in [0.717, 1.165) is 25.3 Å². The lowest BCUT2D eigenvalue weighted by atomic mass is 10.1. The van der Waals surface area contributed by atoms with Crippen molar-refractivity contribution in [3.8, 4) is 0 Å². The van der Waals surface area contributed by atoms with Gasteiger partial charge in [-0.2, -0.15) is 5.10 Å². The van der Waals surface area contributed by atoms with Crippen molar-refractivity contribution < 1.29 is 0 Å². The van der Waals surface area contributed by atoms with E-state index in [2.05, 4.69) is 25.8 Å². The van der Waals surface area contributed by atoms with Gasteiger partial charge in [0.2, 0.25) is 0 Å². The van der Waals surface area contributed by atoms with Gasteiger partial charge in [-0.25, -0.2) is 19.3 Å². The predicted octanol–water partition coefficient (Wildman–Crippen LogP) is -0.0284. The fourth-order valence-corrected chi connectivity index (χ4v) is 2.24. The molecule has 2 aromatic rings. The number of rotatable bonds is 2. The first kappa shape index (κ1) is 11.2. The Kier molecular flexibility index (Phi) is 2.97. The summed E-state index contributed by atoms with van der Waals surface area (Å²) >= 11 is 0. The topological polar surface area (TPSA) is 87.1 Å². The lowest BCUT2D eigenvalue weighted by molar-refractivity contribution is 0.633. The van der Waals surface area contributed by atoms with E-state index >= 15 is 0 Å². The molecule has 1 fully saturated rings. The number of fused-ring (bicyclic) bond motifs is 1. The summed E-state index contributed by atoms with van der Waals surface area (Å²) in [4.78, 5) is 15.5. The van der Waals surface area contributed by atoms with Crippen molar-refractivity contribution >= 4 is 11.5 Å². The highest BCUT2D eigenvalue weighted by Gasteiger charge is 2.12. The normalized spacial score (nSPS) is 20.8. The monoisotopic (exact) mass is 248 g/mol. The van der Waals surface area contributed by atoms with Gasteiger partial charge in [0.1, 0.15) is 12.1 Å². The second-order valence-electron chi connectivity index (χ2n) is 4.57. The van der Waals surface area contributed by atoms with Crippen molar-refractivity contribution in [1.29, 1.82) is 0 Å². The first-order valence-corrected chi connectivity index (χ1v) is 6.23. The minimum Gasteiger partial charge on any atom is -0.366 e. The van der Waals surface area contributed by atoms with Crippen LogP contribution in [0.25, 0.3) is 5.65 Å². The number of H-pyrrole nitrogens is 1. The molecule has 96 valence electrons. The number of aromatic amines is 1. The Labute approximate surface area is 104 Å². The average Bonchev–Trinajstić information content (AvgIpc) is 2.60. The van der Waals surface area contributed by atoms with Crippen LogP contribution in [0, 0.1) is 0 Å². The highest BCUT2D eigenvalue weighted by molar-refractivity contribution is 5.48. The molecule has 0 radical (unpaired) electrons. The van der Waals surface area contributed by atoms with Crippen LogP contribution in [0.15, 0.2) is 17.2 Å². The number of aromatic nitrogens is 4. The second-order valence-corrected chi connectivity index (χ2v) is 4.57. The van der Waals surface area contributed by atoms with Gasteiger partial charge in [0.05, 0.1) is 0 Å². The third-order valence-electron chi connectivity index (χ3n) is 3.21. The summed E-state index contributed by atoms with van der Waals surface area (Å²) in [5.74, 6) is 0.759. The molecule has 3 rings (SSSR count). The molecular weight excluding hydrogens is 232 g/mol. The zero-order chi connectivity index (χ0) is 12.4. The summed E-state index contributed by atoms with van der Waals surface area (Å²) < 4.78 is 1.39. The molecule has 0 amide bonds. The van der Waals surface area contributed by atoms with E-state index in [4.69, 9.17) is 0 Å². The number of anilines is 1. The van der Waals surface area contributed by atoms with Crippen LogP contribution in [0.3, 0.4) is 0 Å². The number of nitrogens with one attached hydrogen (secondary N) is 3. The van der Waals surface area contributed by atoms with Gasteiger partial charge in [-0.05, 0) is 19.4 Å². The third kappa shape index (κ3) is 2.21. The smallest absolute Gasteiger partial charge is 0.348 e. The maximum Gasteiger partial charge on any atom is 0.348 e. The Balaban J connectivity index is 1.79. The van der Waals surface area contributed by atoms with Gasteiger partial charge in [0, 0.05) is 18.7 Å². The van der Waals surface area contributed by atoms with Crippen LogP contribution in [0.1, 0.15) is 19.3 Å². The van der Waals surface area contributed by atoms with Crippen LogP contribution in [0.4, 0.5) is 5.82 Å². The van der Waals surface area contributed by atoms with Gasteiger partial charge in [0.25, 0.3) is 0 Å². The Morgan fingerprint density at radius 2 is 2.39 bits per heavy atom. The average molecular weight is 248 g/mol. The molecule has 3 N–H and O–H groups in total. The molecule has 7 nitrogen and oxygen atoms in total. The SMILES string of the molecule is O=c1[nH]nc2cc(NC3CCCCNC3)ncn12. The molecular formula is C11H16N6O. The fraction of sp³-hybridized carbons (Fsp3) is 0.545. The van der Waals surface area contributed by atoms with Gasteiger partial charge in [-0.15, -0.1) is 0 Å². The van der Waals surface area contributed by atoms with E-state index in [1.165, 1.54) is 23.6 Å². The van der Waals surface area contributed by atoms with E-state index in [0.29, 0.717) is 11.7 Å². The van der Waals surface area contributed by atoms with E-state index in [1.54, 1.807) is 6.07 Å². The summed E-state index contributed by atoms with van der Waals surface area (Å²) in [6, 6.07) is 2.16. The number of hydrogen-bond donors (Lipinski definition) is 3. The summed E-state index contributed by atoms with van der Waals surface area (Å²) in [5, 5.41) is 13.1. The molecule has 2 aromatic heterocycles. The second kappa shape index (κ2) is 4.77. The summed E-state index contributed by atoms with van der Waals surface area (Å²) in [5.41, 5.74) is 0.319. The molecule has 7 heteroatoms. The Morgan fingerprint density at radius 3 is 3.33 bits per heavy atom. The standard InChI is InChI=1S/C11H16N6O/c18-11-16-15-10-5-9(13-7-17(10)11)14-8-3-1-2-4-12-6-8/h5,7-8,12,14H,1-4,6H2,(H,16,18). The van der Waals surface area contributed by atoms with Crippen LogP contribution in [-0.4, -0.2) is 38.7 Å². The molecule has 18 heavy (non-hydrogen) atoms. The molecule has 0 saturated carbocycles. The van der Waals surface area contributed by atoms with E-state index < -0.39 is 0 Å². The molecule has 1 saturated heterocycles. The molecule has 1 aliphatic heterocycles. The van der Waals surface area contributed by atoms with E-state index in [1.807, 2.05) is 0 Å². The molecule has 0 spiro atoms. The van der Waals surface area contributed by atoms with Crippen molar-refractivity contribution in [2.75, 3.05) is 18.4 Å². The van der Waals surface area contributed by atoms with Crippen LogP contribution >= 0.6 is 0 Å². The molecule has 0 aliphatic carbocycles. The zero-order valence-electron chi connectivity index (χ0n) is 10.0. The van der Waals surface area contributed by atoms with Crippen molar-refractivity contribution in [3.63, 3.8) is 0 Å². The summed E-state index contributed by atoms with van der Waals surface area (Å²) in [7, 11) is 0. The van der Waals surface area contributed by atoms with Crippen molar-refractivity contribution in [3.05, 3.63) is 22.9 Å². The Hall–Kier alpha value is -1.89. The molecule has 0 bridgehead atoms. The fourth-order valence-electron chi connectivity index (χ4n) is 2.24. The molecule has 1 atom stereocenters. The third-order valence-corrected chi connectivity index (χ3v) is 3.21. The quantitative estimate of drug-likeness (QED) is 0.695. The highest BCUT2D eigenvalue weighted by Crippen LogP contribution is 2.11. The minimum absolute atomic E-state index is 0.264. The van der Waals surface area contributed by atoms with Crippen LogP contribution in [-0.2, 0) is 0 Å². The van der Waals surface area contributed by atoms with Crippen molar-refractivity contribution in [2.45, 2.75) is 25.3 Å². The lowest BCUT2D eigenvalue weighted by Gasteiger charge is -2.16. The van der Waals surface area contributed by atoms with Crippen molar-refractivity contribution in [2.24, 2.45) is 0 Å². The Morgan fingerprint density at radius 1 is 1.44 bits per heavy atom. The van der Waals surface area contributed by atoms with E-state index in [9.17, 15) is 4.79 Å².